The molecule has 3 unspecified atom stereocenters. The standard InChI is InChI=1S/C22H25ClO5/c23-19-6-3-14(21-10-16(25)9-18(12-24)28-21)8-15(19)7-13-1-4-17(5-2-13)27-22-11-20(22)26/h1-6,8,16,18,20-22,24-26H,7,9-12H2/t16?,18-,20?,21+,22?/m0/s1. The number of rotatable bonds is 6. The smallest absolute Gasteiger partial charge is 0.127 e. The molecule has 0 amide bonds. The average molecular weight is 405 g/mol. The number of hydrogen-bond donors (Lipinski definition) is 3. The molecule has 1 aliphatic carbocycles. The average Bonchev–Trinajstić information content (AvgIpc) is 3.39. The lowest BCUT2D eigenvalue weighted by molar-refractivity contribution is -0.113. The second-order valence-electron chi connectivity index (χ2n) is 7.69. The number of halogens is 1. The van der Waals surface area contributed by atoms with Gasteiger partial charge in [-0.2, -0.15) is 0 Å². The third kappa shape index (κ3) is 4.67. The van der Waals surface area contributed by atoms with Crippen LogP contribution in [0.3, 0.4) is 0 Å². The fourth-order valence-electron chi connectivity index (χ4n) is 3.62. The maximum atomic E-state index is 10.1. The van der Waals surface area contributed by atoms with E-state index in [0.29, 0.717) is 30.7 Å². The van der Waals surface area contributed by atoms with Gasteiger partial charge in [0.15, 0.2) is 0 Å². The molecular weight excluding hydrogens is 380 g/mol. The Hall–Kier alpha value is -1.63. The van der Waals surface area contributed by atoms with Gasteiger partial charge < -0.3 is 24.8 Å². The number of hydrogen-bond acceptors (Lipinski definition) is 5. The Morgan fingerprint density at radius 3 is 2.46 bits per heavy atom. The van der Waals surface area contributed by atoms with Gasteiger partial charge in [0.05, 0.1) is 31.0 Å². The van der Waals surface area contributed by atoms with E-state index in [1.165, 1.54) is 0 Å². The van der Waals surface area contributed by atoms with Crippen molar-refractivity contribution in [1.29, 1.82) is 0 Å². The van der Waals surface area contributed by atoms with E-state index in [0.717, 1.165) is 22.4 Å². The molecule has 1 saturated heterocycles. The molecule has 3 N–H and O–H groups in total. The molecule has 6 heteroatoms. The summed E-state index contributed by atoms with van der Waals surface area (Å²) < 4.78 is 11.6. The molecule has 0 radical (unpaired) electrons. The second-order valence-corrected chi connectivity index (χ2v) is 8.09. The minimum Gasteiger partial charge on any atom is -0.488 e. The van der Waals surface area contributed by atoms with Crippen molar-refractivity contribution in [3.05, 3.63) is 64.2 Å². The van der Waals surface area contributed by atoms with Crippen molar-refractivity contribution < 1.29 is 24.8 Å². The predicted molar refractivity (Wildman–Crippen MR) is 106 cm³/mol. The Morgan fingerprint density at radius 1 is 1.04 bits per heavy atom. The largest absolute Gasteiger partial charge is 0.488 e. The number of benzene rings is 2. The van der Waals surface area contributed by atoms with Crippen LogP contribution in [0.4, 0.5) is 0 Å². The molecule has 1 saturated carbocycles. The van der Waals surface area contributed by atoms with Crippen LogP contribution in [0.25, 0.3) is 0 Å². The molecule has 5 nitrogen and oxygen atoms in total. The van der Waals surface area contributed by atoms with Crippen molar-refractivity contribution in [2.75, 3.05) is 6.61 Å². The van der Waals surface area contributed by atoms with Gasteiger partial charge in [0.2, 0.25) is 0 Å². The van der Waals surface area contributed by atoms with Gasteiger partial charge in [0, 0.05) is 24.3 Å². The zero-order valence-corrected chi connectivity index (χ0v) is 16.3. The summed E-state index contributed by atoms with van der Waals surface area (Å²) in [6, 6.07) is 13.6. The zero-order chi connectivity index (χ0) is 19.7. The summed E-state index contributed by atoms with van der Waals surface area (Å²) in [6.07, 6.45) is 0.834. The molecule has 0 spiro atoms. The Kier molecular flexibility index (Phi) is 5.90. The van der Waals surface area contributed by atoms with Crippen LogP contribution in [0, 0.1) is 0 Å². The van der Waals surface area contributed by atoms with Crippen LogP contribution in [-0.2, 0) is 11.2 Å². The molecule has 0 bridgehead atoms. The molecule has 28 heavy (non-hydrogen) atoms. The first-order valence-corrected chi connectivity index (χ1v) is 10.1. The van der Waals surface area contributed by atoms with Gasteiger partial charge in [-0.25, -0.2) is 0 Å². The van der Waals surface area contributed by atoms with E-state index in [4.69, 9.17) is 21.1 Å². The summed E-state index contributed by atoms with van der Waals surface area (Å²) >= 11 is 6.41. The second kappa shape index (κ2) is 8.39. The van der Waals surface area contributed by atoms with Crippen LogP contribution in [0.2, 0.25) is 5.02 Å². The van der Waals surface area contributed by atoms with Gasteiger partial charge in [0.1, 0.15) is 11.9 Å². The highest BCUT2D eigenvalue weighted by Gasteiger charge is 2.37. The molecular formula is C22H25ClO5. The van der Waals surface area contributed by atoms with Gasteiger partial charge >= 0.3 is 0 Å². The number of aliphatic hydroxyl groups excluding tert-OH is 3. The summed E-state index contributed by atoms with van der Waals surface area (Å²) in [4.78, 5) is 0. The minimum absolute atomic E-state index is 0.0782. The minimum atomic E-state index is -0.479. The molecule has 1 aliphatic heterocycles. The van der Waals surface area contributed by atoms with Crippen molar-refractivity contribution in [3.8, 4) is 5.75 Å². The molecule has 2 aromatic carbocycles. The quantitative estimate of drug-likeness (QED) is 0.689. The van der Waals surface area contributed by atoms with E-state index >= 15 is 0 Å². The summed E-state index contributed by atoms with van der Waals surface area (Å²) in [6.45, 7) is -0.0969. The summed E-state index contributed by atoms with van der Waals surface area (Å²) in [7, 11) is 0. The SMILES string of the molecule is OC[C@@H]1CC(O)C[C@H](c2ccc(Cl)c(Cc3ccc(OC4CC4O)cc3)c2)O1. The van der Waals surface area contributed by atoms with E-state index in [1.807, 2.05) is 42.5 Å². The van der Waals surface area contributed by atoms with E-state index < -0.39 is 6.10 Å². The lowest BCUT2D eigenvalue weighted by Gasteiger charge is -2.32. The number of aliphatic hydroxyl groups is 3. The van der Waals surface area contributed by atoms with Crippen LogP contribution in [0.1, 0.15) is 42.1 Å². The first-order valence-electron chi connectivity index (χ1n) is 9.68. The monoisotopic (exact) mass is 404 g/mol. The fourth-order valence-corrected chi connectivity index (χ4v) is 3.80. The molecule has 2 aromatic rings. The molecule has 4 rings (SSSR count). The summed E-state index contributed by atoms with van der Waals surface area (Å²) in [5, 5.41) is 29.5. The maximum absolute atomic E-state index is 10.1. The third-order valence-electron chi connectivity index (χ3n) is 5.33. The van der Waals surface area contributed by atoms with Crippen molar-refractivity contribution >= 4 is 11.6 Å². The molecule has 2 fully saturated rings. The fraction of sp³-hybridized carbons (Fsp3) is 0.455. The van der Waals surface area contributed by atoms with Crippen LogP contribution in [0.5, 0.6) is 5.75 Å². The first-order chi connectivity index (χ1) is 13.5. The lowest BCUT2D eigenvalue weighted by atomic mass is 9.94. The van der Waals surface area contributed by atoms with Gasteiger partial charge in [-0.1, -0.05) is 35.9 Å². The summed E-state index contributed by atoms with van der Waals surface area (Å²) in [5.41, 5.74) is 3.04. The maximum Gasteiger partial charge on any atom is 0.127 e. The molecule has 1 heterocycles. The third-order valence-corrected chi connectivity index (χ3v) is 5.70. The van der Waals surface area contributed by atoms with Gasteiger partial charge in [-0.05, 0) is 41.3 Å². The van der Waals surface area contributed by atoms with Crippen LogP contribution >= 0.6 is 11.6 Å². The van der Waals surface area contributed by atoms with E-state index in [-0.39, 0.29) is 31.0 Å². The Bertz CT molecular complexity index is 809. The van der Waals surface area contributed by atoms with Crippen LogP contribution in [0.15, 0.2) is 42.5 Å². The predicted octanol–water partition coefficient (Wildman–Crippen LogP) is 3.02. The molecule has 150 valence electrons. The van der Waals surface area contributed by atoms with E-state index in [1.54, 1.807) is 0 Å². The highest BCUT2D eigenvalue weighted by atomic mass is 35.5. The van der Waals surface area contributed by atoms with Crippen molar-refractivity contribution in [3.63, 3.8) is 0 Å². The van der Waals surface area contributed by atoms with Crippen LogP contribution in [-0.4, -0.2) is 46.3 Å². The lowest BCUT2D eigenvalue weighted by Crippen LogP contribution is -2.33. The molecule has 0 aromatic heterocycles. The van der Waals surface area contributed by atoms with Crippen molar-refractivity contribution in [2.24, 2.45) is 0 Å². The Morgan fingerprint density at radius 2 is 1.79 bits per heavy atom. The zero-order valence-electron chi connectivity index (χ0n) is 15.5. The van der Waals surface area contributed by atoms with Gasteiger partial charge in [-0.3, -0.25) is 0 Å². The highest BCUT2D eigenvalue weighted by molar-refractivity contribution is 6.31. The first kappa shape index (κ1) is 19.7. The van der Waals surface area contributed by atoms with Crippen molar-refractivity contribution in [2.45, 2.75) is 56.2 Å². The highest BCUT2D eigenvalue weighted by Crippen LogP contribution is 2.34. The topological polar surface area (TPSA) is 79.2 Å². The Balaban J connectivity index is 1.46. The van der Waals surface area contributed by atoms with Gasteiger partial charge in [-0.15, -0.1) is 0 Å². The van der Waals surface area contributed by atoms with E-state index in [9.17, 15) is 15.3 Å². The summed E-state index contributed by atoms with van der Waals surface area (Å²) in [5.74, 6) is 0.754. The molecule has 2 aliphatic rings. The van der Waals surface area contributed by atoms with E-state index in [2.05, 4.69) is 0 Å². The van der Waals surface area contributed by atoms with Crippen molar-refractivity contribution in [1.82, 2.24) is 0 Å². The van der Waals surface area contributed by atoms with Gasteiger partial charge in [0.25, 0.3) is 0 Å². The Labute approximate surface area is 169 Å². The molecule has 5 atom stereocenters. The normalized spacial score (nSPS) is 29.5. The number of ether oxygens (including phenoxy) is 2. The van der Waals surface area contributed by atoms with Crippen LogP contribution < -0.4 is 4.74 Å².